The molecule has 0 spiro atoms. The van der Waals surface area contributed by atoms with Gasteiger partial charge in [-0.05, 0) is 36.8 Å². The van der Waals surface area contributed by atoms with E-state index in [0.717, 1.165) is 0 Å². The number of benzene rings is 2. The van der Waals surface area contributed by atoms with Gasteiger partial charge >= 0.3 is 0 Å². The fourth-order valence-electron chi connectivity index (χ4n) is 2.86. The molecule has 0 fully saturated rings. The maximum atomic E-state index is 13.8. The monoisotopic (exact) mass is 459 g/mol. The quantitative estimate of drug-likeness (QED) is 0.440. The van der Waals surface area contributed by atoms with Crippen LogP contribution in [-0.4, -0.2) is 25.8 Å². The number of anilines is 1. The van der Waals surface area contributed by atoms with Gasteiger partial charge in [-0.3, -0.25) is 10.1 Å². The summed E-state index contributed by atoms with van der Waals surface area (Å²) in [5.41, 5.74) is 0.968. The van der Waals surface area contributed by atoms with Gasteiger partial charge in [-0.1, -0.05) is 35.0 Å². The van der Waals surface area contributed by atoms with E-state index in [1.165, 1.54) is 41.3 Å². The average molecular weight is 460 g/mol. The molecule has 0 aliphatic carbocycles. The van der Waals surface area contributed by atoms with Gasteiger partial charge < -0.3 is 9.26 Å². The Balaban J connectivity index is 1.44. The number of para-hydroxylation sites is 1. The van der Waals surface area contributed by atoms with E-state index in [1.54, 1.807) is 19.1 Å². The summed E-state index contributed by atoms with van der Waals surface area (Å²) in [6.45, 7) is 1.72. The molecule has 164 valence electrons. The number of halogens is 3. The molecule has 0 bridgehead atoms. The second-order valence-electron chi connectivity index (χ2n) is 6.74. The van der Waals surface area contributed by atoms with Crippen LogP contribution in [0.3, 0.4) is 0 Å². The molecule has 0 saturated carbocycles. The highest BCUT2D eigenvalue weighted by Gasteiger charge is 2.22. The summed E-state index contributed by atoms with van der Waals surface area (Å²) in [7, 11) is 0. The number of aryl methyl sites for hydroxylation is 1. The van der Waals surface area contributed by atoms with Gasteiger partial charge in [0.05, 0.1) is 12.1 Å². The molecule has 0 saturated heterocycles. The first-order chi connectivity index (χ1) is 15.4. The second kappa shape index (κ2) is 9.15. The first-order valence-corrected chi connectivity index (χ1v) is 9.75. The third-order valence-electron chi connectivity index (χ3n) is 4.52. The topological polar surface area (TPSA) is 95.1 Å². The smallest absolute Gasteiger partial charge is 0.280 e. The van der Waals surface area contributed by atoms with E-state index >= 15 is 0 Å². The summed E-state index contributed by atoms with van der Waals surface area (Å²) in [4.78, 5) is 16.7. The normalized spacial score (nSPS) is 10.9. The van der Waals surface area contributed by atoms with Crippen LogP contribution in [0.5, 0.6) is 5.75 Å². The van der Waals surface area contributed by atoms with Gasteiger partial charge in [0.15, 0.2) is 17.3 Å². The summed E-state index contributed by atoms with van der Waals surface area (Å²) in [5.74, 6) is -1.16. The molecule has 2 aromatic heterocycles. The SMILES string of the molecule is Cc1onc(C(=O)Nc2ncn(Cc3ccc(F)cc3Cl)n2)c1COc1ccccc1F. The van der Waals surface area contributed by atoms with Crippen LogP contribution in [0.25, 0.3) is 0 Å². The minimum atomic E-state index is -0.619. The van der Waals surface area contributed by atoms with E-state index in [1.807, 2.05) is 0 Å². The van der Waals surface area contributed by atoms with Crippen LogP contribution in [-0.2, 0) is 13.2 Å². The van der Waals surface area contributed by atoms with Crippen molar-refractivity contribution in [3.8, 4) is 5.75 Å². The lowest BCUT2D eigenvalue weighted by Gasteiger charge is -2.07. The Labute approximate surface area is 185 Å². The summed E-state index contributed by atoms with van der Waals surface area (Å²) in [5, 5.41) is 10.7. The lowest BCUT2D eigenvalue weighted by molar-refractivity contribution is 0.101. The number of hydrogen-bond acceptors (Lipinski definition) is 6. The average Bonchev–Trinajstić information content (AvgIpc) is 3.35. The highest BCUT2D eigenvalue weighted by Crippen LogP contribution is 2.21. The lowest BCUT2D eigenvalue weighted by atomic mass is 10.2. The highest BCUT2D eigenvalue weighted by molar-refractivity contribution is 6.31. The molecule has 4 rings (SSSR count). The molecule has 32 heavy (non-hydrogen) atoms. The Hall–Kier alpha value is -3.79. The molecule has 0 aliphatic rings. The third-order valence-corrected chi connectivity index (χ3v) is 4.87. The zero-order chi connectivity index (χ0) is 22.7. The van der Waals surface area contributed by atoms with E-state index < -0.39 is 17.5 Å². The van der Waals surface area contributed by atoms with Crippen molar-refractivity contribution in [3.63, 3.8) is 0 Å². The van der Waals surface area contributed by atoms with E-state index in [-0.39, 0.29) is 35.6 Å². The number of ether oxygens (including phenoxy) is 1. The molecule has 0 radical (unpaired) electrons. The second-order valence-corrected chi connectivity index (χ2v) is 7.15. The van der Waals surface area contributed by atoms with Crippen molar-refractivity contribution in [1.29, 1.82) is 0 Å². The Bertz CT molecular complexity index is 1270. The van der Waals surface area contributed by atoms with E-state index in [4.69, 9.17) is 20.9 Å². The first kappa shape index (κ1) is 21.4. The maximum Gasteiger partial charge on any atom is 0.280 e. The van der Waals surface area contributed by atoms with Crippen molar-refractivity contribution >= 4 is 23.5 Å². The van der Waals surface area contributed by atoms with Gasteiger partial charge in [-0.25, -0.2) is 18.4 Å². The standard InChI is InChI=1S/C21H16ClF2N5O3/c1-12-15(10-31-18-5-3-2-4-17(18)24)19(28-32-12)20(30)26-21-25-11-29(27-21)9-13-6-7-14(23)8-16(13)22/h2-8,11H,9-10H2,1H3,(H,26,27,30). The molecule has 2 aromatic carbocycles. The van der Waals surface area contributed by atoms with Crippen LogP contribution in [0.2, 0.25) is 5.02 Å². The van der Waals surface area contributed by atoms with E-state index in [0.29, 0.717) is 16.9 Å². The number of carbonyl (C=O) groups is 1. The van der Waals surface area contributed by atoms with Gasteiger partial charge in [0.25, 0.3) is 5.91 Å². The van der Waals surface area contributed by atoms with Gasteiger partial charge in [-0.15, -0.1) is 5.10 Å². The van der Waals surface area contributed by atoms with E-state index in [2.05, 4.69) is 20.6 Å². The van der Waals surface area contributed by atoms with Crippen LogP contribution < -0.4 is 10.1 Å². The van der Waals surface area contributed by atoms with Crippen LogP contribution in [0, 0.1) is 18.6 Å². The Morgan fingerprint density at radius 3 is 2.84 bits per heavy atom. The van der Waals surface area contributed by atoms with Gasteiger partial charge in [0, 0.05) is 5.02 Å². The van der Waals surface area contributed by atoms with Crippen LogP contribution >= 0.6 is 11.6 Å². The predicted octanol–water partition coefficient (Wildman–Crippen LogP) is 4.39. The molecule has 1 N–H and O–H groups in total. The van der Waals surface area contributed by atoms with Gasteiger partial charge in [0.1, 0.15) is 24.5 Å². The number of hydrogen-bond donors (Lipinski definition) is 1. The minimum absolute atomic E-state index is 0.0230. The van der Waals surface area contributed by atoms with Crippen molar-refractivity contribution in [2.45, 2.75) is 20.1 Å². The highest BCUT2D eigenvalue weighted by atomic mass is 35.5. The van der Waals surface area contributed by atoms with Crippen molar-refractivity contribution in [2.24, 2.45) is 0 Å². The van der Waals surface area contributed by atoms with Crippen molar-refractivity contribution in [1.82, 2.24) is 19.9 Å². The molecule has 0 atom stereocenters. The van der Waals surface area contributed by atoms with Gasteiger partial charge in [0.2, 0.25) is 5.95 Å². The third kappa shape index (κ3) is 4.75. The predicted molar refractivity (Wildman–Crippen MR) is 110 cm³/mol. The molecule has 2 heterocycles. The largest absolute Gasteiger partial charge is 0.486 e. The summed E-state index contributed by atoms with van der Waals surface area (Å²) >= 11 is 6.03. The number of aromatic nitrogens is 4. The molecule has 4 aromatic rings. The Morgan fingerprint density at radius 2 is 2.06 bits per heavy atom. The maximum absolute atomic E-state index is 13.8. The first-order valence-electron chi connectivity index (χ1n) is 9.38. The minimum Gasteiger partial charge on any atom is -0.486 e. The summed E-state index contributed by atoms with van der Waals surface area (Å²) in [6.07, 6.45) is 1.39. The van der Waals surface area contributed by atoms with Gasteiger partial charge in [-0.2, -0.15) is 0 Å². The van der Waals surface area contributed by atoms with Crippen molar-refractivity contribution in [3.05, 3.63) is 88.0 Å². The van der Waals surface area contributed by atoms with E-state index in [9.17, 15) is 13.6 Å². The van der Waals surface area contributed by atoms with Crippen molar-refractivity contribution in [2.75, 3.05) is 5.32 Å². The number of rotatable bonds is 7. The Kier molecular flexibility index (Phi) is 6.13. The van der Waals surface area contributed by atoms with Crippen LogP contribution in [0.1, 0.15) is 27.4 Å². The lowest BCUT2D eigenvalue weighted by Crippen LogP contribution is -2.16. The molecule has 0 aliphatic heterocycles. The zero-order valence-electron chi connectivity index (χ0n) is 16.7. The molecular formula is C21H16ClF2N5O3. The molecule has 1 amide bonds. The zero-order valence-corrected chi connectivity index (χ0v) is 17.4. The molecule has 0 unspecified atom stereocenters. The molecule has 11 heteroatoms. The number of amides is 1. The fraction of sp³-hybridized carbons (Fsp3) is 0.143. The number of nitrogens with one attached hydrogen (secondary N) is 1. The molecule has 8 nitrogen and oxygen atoms in total. The number of carbonyl (C=O) groups excluding carboxylic acids is 1. The van der Waals surface area contributed by atoms with Crippen molar-refractivity contribution < 1.29 is 22.8 Å². The summed E-state index contributed by atoms with van der Waals surface area (Å²) < 4.78 is 39.0. The van der Waals surface area contributed by atoms with Crippen LogP contribution in [0.15, 0.2) is 53.3 Å². The fourth-order valence-corrected chi connectivity index (χ4v) is 3.09. The number of nitrogens with zero attached hydrogens (tertiary/aromatic N) is 4. The molecular weight excluding hydrogens is 444 g/mol. The Morgan fingerprint density at radius 1 is 1.25 bits per heavy atom. The van der Waals surface area contributed by atoms with Crippen LogP contribution in [0.4, 0.5) is 14.7 Å². The summed E-state index contributed by atoms with van der Waals surface area (Å²) in [6, 6.07) is 9.95.